The normalized spacial score (nSPS) is 11.3. The van der Waals surface area contributed by atoms with Crippen molar-refractivity contribution in [2.75, 3.05) is 12.4 Å². The van der Waals surface area contributed by atoms with Gasteiger partial charge in [0.05, 0.1) is 7.11 Å². The van der Waals surface area contributed by atoms with Gasteiger partial charge in [-0.25, -0.2) is 22.0 Å². The van der Waals surface area contributed by atoms with Gasteiger partial charge in [-0.2, -0.15) is 0 Å². The van der Waals surface area contributed by atoms with E-state index in [-0.39, 0.29) is 17.4 Å². The van der Waals surface area contributed by atoms with Crippen LogP contribution in [0, 0.1) is 29.1 Å². The minimum Gasteiger partial charge on any atom is -0.496 e. The molecule has 0 atom stereocenters. The number of rotatable bonds is 5. The molecule has 152 valence electrons. The molecule has 0 aromatic heterocycles. The molecule has 0 aliphatic heterocycles. The van der Waals surface area contributed by atoms with Gasteiger partial charge in [0.2, 0.25) is 5.82 Å². The summed E-state index contributed by atoms with van der Waals surface area (Å²) in [6.45, 7) is 7.48. The number of carbonyl (C=O) groups excluding carboxylic acids is 1. The van der Waals surface area contributed by atoms with Crippen molar-refractivity contribution >= 4 is 11.6 Å². The number of halogens is 5. The topological polar surface area (TPSA) is 38.3 Å². The van der Waals surface area contributed by atoms with Crippen LogP contribution >= 0.6 is 0 Å². The second kappa shape index (κ2) is 8.16. The van der Waals surface area contributed by atoms with Crippen LogP contribution < -0.4 is 10.1 Å². The summed E-state index contributed by atoms with van der Waals surface area (Å²) >= 11 is 0. The van der Waals surface area contributed by atoms with Crippen molar-refractivity contribution in [3.05, 3.63) is 57.9 Å². The van der Waals surface area contributed by atoms with E-state index in [0.29, 0.717) is 16.9 Å². The van der Waals surface area contributed by atoms with Crippen molar-refractivity contribution in [2.24, 2.45) is 0 Å². The molecule has 3 nitrogen and oxygen atoms in total. The molecule has 0 unspecified atom stereocenters. The van der Waals surface area contributed by atoms with E-state index in [1.54, 1.807) is 5.32 Å². The molecule has 2 rings (SSSR count). The molecule has 28 heavy (non-hydrogen) atoms. The van der Waals surface area contributed by atoms with Gasteiger partial charge >= 0.3 is 0 Å². The molecule has 0 spiro atoms. The summed E-state index contributed by atoms with van der Waals surface area (Å²) < 4.78 is 73.1. The number of hydrogen-bond acceptors (Lipinski definition) is 2. The van der Waals surface area contributed by atoms with Gasteiger partial charge < -0.3 is 10.1 Å². The molecule has 1 amide bonds. The maximum absolute atomic E-state index is 13.9. The highest BCUT2D eigenvalue weighted by atomic mass is 19.2. The first-order chi connectivity index (χ1) is 13.0. The lowest BCUT2D eigenvalue weighted by atomic mass is 9.91. The molecule has 0 heterocycles. The summed E-state index contributed by atoms with van der Waals surface area (Å²) in [5.41, 5.74) is -0.0286. The third kappa shape index (κ3) is 3.81. The number of carbonyl (C=O) groups is 1. The smallest absolute Gasteiger partial charge is 0.255 e. The maximum atomic E-state index is 13.9. The highest BCUT2D eigenvalue weighted by Crippen LogP contribution is 2.36. The van der Waals surface area contributed by atoms with E-state index in [9.17, 15) is 26.7 Å². The summed E-state index contributed by atoms with van der Waals surface area (Å²) in [6.07, 6.45) is 0. The number of hydrogen-bond donors (Lipinski definition) is 1. The molecular weight excluding hydrogens is 381 g/mol. The zero-order chi connectivity index (χ0) is 21.3. The van der Waals surface area contributed by atoms with E-state index in [1.165, 1.54) is 19.2 Å². The fraction of sp³-hybridized carbons (Fsp3) is 0.350. The number of nitrogens with one attached hydrogen (secondary N) is 1. The first-order valence-electron chi connectivity index (χ1n) is 8.55. The fourth-order valence-electron chi connectivity index (χ4n) is 2.80. The van der Waals surface area contributed by atoms with Crippen LogP contribution in [0.15, 0.2) is 12.1 Å². The standard InChI is InChI=1S/C20H20F5NO2/c1-8(2)11-6-10(7-12(9(3)4)19(11)28-5)20(27)26-18-16(24)14(22)13(21)15(23)17(18)25/h6-9H,1-5H3,(H,26,27). The molecule has 0 saturated carbocycles. The first-order valence-corrected chi connectivity index (χ1v) is 8.55. The van der Waals surface area contributed by atoms with Crippen molar-refractivity contribution < 1.29 is 31.5 Å². The number of benzene rings is 2. The van der Waals surface area contributed by atoms with Crippen LogP contribution in [-0.4, -0.2) is 13.0 Å². The largest absolute Gasteiger partial charge is 0.496 e. The Balaban J connectivity index is 2.57. The van der Waals surface area contributed by atoms with E-state index >= 15 is 0 Å². The van der Waals surface area contributed by atoms with Crippen LogP contribution in [0.5, 0.6) is 5.75 Å². The van der Waals surface area contributed by atoms with E-state index in [0.717, 1.165) is 0 Å². The molecule has 0 radical (unpaired) electrons. The minimum absolute atomic E-state index is 0.0112. The second-order valence-corrected chi connectivity index (χ2v) is 6.90. The Morgan fingerprint density at radius 3 is 1.57 bits per heavy atom. The number of ether oxygens (including phenoxy) is 1. The van der Waals surface area contributed by atoms with Crippen molar-refractivity contribution in [1.82, 2.24) is 0 Å². The predicted octanol–water partition coefficient (Wildman–Crippen LogP) is 5.89. The third-order valence-corrected chi connectivity index (χ3v) is 4.31. The SMILES string of the molecule is COc1c(C(C)C)cc(C(=O)Nc2c(F)c(F)c(F)c(F)c2F)cc1C(C)C. The minimum atomic E-state index is -2.29. The summed E-state index contributed by atoms with van der Waals surface area (Å²) in [6, 6.07) is 2.94. The molecular formula is C20H20F5NO2. The van der Waals surface area contributed by atoms with Gasteiger partial charge in [0.1, 0.15) is 11.4 Å². The Hall–Kier alpha value is -2.64. The maximum Gasteiger partial charge on any atom is 0.255 e. The average Bonchev–Trinajstić information content (AvgIpc) is 2.66. The number of methoxy groups -OCH3 is 1. The van der Waals surface area contributed by atoms with Gasteiger partial charge in [-0.15, -0.1) is 0 Å². The Bertz CT molecular complexity index is 867. The lowest BCUT2D eigenvalue weighted by Gasteiger charge is -2.20. The van der Waals surface area contributed by atoms with Crippen molar-refractivity contribution in [1.29, 1.82) is 0 Å². The zero-order valence-corrected chi connectivity index (χ0v) is 16.0. The molecule has 8 heteroatoms. The molecule has 0 aliphatic rings. The Morgan fingerprint density at radius 1 is 0.821 bits per heavy atom. The van der Waals surface area contributed by atoms with Gasteiger partial charge in [0.15, 0.2) is 23.3 Å². The molecule has 0 fully saturated rings. The molecule has 2 aromatic rings. The van der Waals surface area contributed by atoms with Crippen molar-refractivity contribution in [3.63, 3.8) is 0 Å². The fourth-order valence-corrected chi connectivity index (χ4v) is 2.80. The van der Waals surface area contributed by atoms with Gasteiger partial charge in [-0.1, -0.05) is 27.7 Å². The molecule has 0 bridgehead atoms. The number of anilines is 1. The summed E-state index contributed by atoms with van der Waals surface area (Å²) in [5, 5.41) is 1.80. The van der Waals surface area contributed by atoms with Gasteiger partial charge in [-0.05, 0) is 35.1 Å². The van der Waals surface area contributed by atoms with E-state index in [1.807, 2.05) is 27.7 Å². The van der Waals surface area contributed by atoms with Crippen LogP contribution in [-0.2, 0) is 0 Å². The predicted molar refractivity (Wildman–Crippen MR) is 95.4 cm³/mol. The van der Waals surface area contributed by atoms with Gasteiger partial charge in [-0.3, -0.25) is 4.79 Å². The summed E-state index contributed by atoms with van der Waals surface area (Å²) in [5.74, 6) is -11.3. The zero-order valence-electron chi connectivity index (χ0n) is 16.0. The molecule has 0 aliphatic carbocycles. The van der Waals surface area contributed by atoms with Crippen LogP contribution in [0.4, 0.5) is 27.6 Å². The quantitative estimate of drug-likeness (QED) is 0.385. The first kappa shape index (κ1) is 21.7. The van der Waals surface area contributed by atoms with Crippen molar-refractivity contribution in [2.45, 2.75) is 39.5 Å². The van der Waals surface area contributed by atoms with Gasteiger partial charge in [0, 0.05) is 5.56 Å². The highest BCUT2D eigenvalue weighted by Gasteiger charge is 2.28. The Morgan fingerprint density at radius 2 is 1.21 bits per heavy atom. The number of amides is 1. The summed E-state index contributed by atoms with van der Waals surface area (Å²) in [7, 11) is 1.49. The summed E-state index contributed by atoms with van der Waals surface area (Å²) in [4.78, 5) is 12.6. The van der Waals surface area contributed by atoms with E-state index in [2.05, 4.69) is 0 Å². The molecule has 1 N–H and O–H groups in total. The van der Waals surface area contributed by atoms with Crippen LogP contribution in [0.2, 0.25) is 0 Å². The van der Waals surface area contributed by atoms with Crippen LogP contribution in [0.1, 0.15) is 61.0 Å². The second-order valence-electron chi connectivity index (χ2n) is 6.90. The Kier molecular flexibility index (Phi) is 6.31. The Labute approximate surface area is 159 Å². The highest BCUT2D eigenvalue weighted by molar-refractivity contribution is 6.05. The van der Waals surface area contributed by atoms with Crippen LogP contribution in [0.3, 0.4) is 0 Å². The van der Waals surface area contributed by atoms with E-state index in [4.69, 9.17) is 4.74 Å². The van der Waals surface area contributed by atoms with E-state index < -0.39 is 40.7 Å². The lowest BCUT2D eigenvalue weighted by Crippen LogP contribution is -2.18. The molecule has 0 saturated heterocycles. The monoisotopic (exact) mass is 401 g/mol. The van der Waals surface area contributed by atoms with Crippen LogP contribution in [0.25, 0.3) is 0 Å². The molecule has 2 aromatic carbocycles. The van der Waals surface area contributed by atoms with Gasteiger partial charge in [0.25, 0.3) is 5.91 Å². The third-order valence-electron chi connectivity index (χ3n) is 4.31. The van der Waals surface area contributed by atoms with Crippen molar-refractivity contribution in [3.8, 4) is 5.75 Å². The average molecular weight is 401 g/mol. The lowest BCUT2D eigenvalue weighted by molar-refractivity contribution is 0.102.